The summed E-state index contributed by atoms with van der Waals surface area (Å²) in [6, 6.07) is 0. The summed E-state index contributed by atoms with van der Waals surface area (Å²) in [7, 11) is 0. The van der Waals surface area contributed by atoms with E-state index in [2.05, 4.69) is 12.2 Å². The highest BCUT2D eigenvalue weighted by Gasteiger charge is 2.19. The second-order valence-corrected chi connectivity index (χ2v) is 7.38. The summed E-state index contributed by atoms with van der Waals surface area (Å²) in [5.41, 5.74) is 0. The zero-order valence-corrected chi connectivity index (χ0v) is 14.4. The topological polar surface area (TPSA) is 49.7 Å². The van der Waals surface area contributed by atoms with Gasteiger partial charge in [0, 0.05) is 0 Å². The Morgan fingerprint density at radius 2 is 1.04 bits per heavy atom. The van der Waals surface area contributed by atoms with E-state index >= 15 is 0 Å². The Morgan fingerprint density at radius 3 is 1.43 bits per heavy atom. The van der Waals surface area contributed by atoms with Crippen molar-refractivity contribution in [1.82, 2.24) is 0 Å². The van der Waals surface area contributed by atoms with Crippen LogP contribution in [-0.4, -0.2) is 22.4 Å². The zero-order valence-electron chi connectivity index (χ0n) is 14.4. The van der Waals surface area contributed by atoms with Crippen molar-refractivity contribution in [2.75, 3.05) is 0 Å². The van der Waals surface area contributed by atoms with Crippen LogP contribution in [0.5, 0.6) is 0 Å². The lowest BCUT2D eigenvalue weighted by atomic mass is 9.85. The molecule has 2 aliphatic carbocycles. The first-order chi connectivity index (χ1) is 11.2. The summed E-state index contributed by atoms with van der Waals surface area (Å²) < 4.78 is 5.41. The smallest absolute Gasteiger partial charge is 0.0861 e. The third-order valence-corrected chi connectivity index (χ3v) is 5.47. The van der Waals surface area contributed by atoms with Crippen molar-refractivity contribution in [3.63, 3.8) is 0 Å². The van der Waals surface area contributed by atoms with E-state index in [0.29, 0.717) is 0 Å². The van der Waals surface area contributed by atoms with Gasteiger partial charge in [0.25, 0.3) is 0 Å². The summed E-state index contributed by atoms with van der Waals surface area (Å²) in [6.07, 6.45) is 20.9. The predicted octanol–water partition coefficient (Wildman–Crippen LogP) is 4.69. The number of allylic oxidation sites excluding steroid dienone is 2. The summed E-state index contributed by atoms with van der Waals surface area (Å²) in [6.45, 7) is 0. The number of hydrogen-bond acceptors (Lipinski definition) is 3. The normalized spacial score (nSPS) is 32.6. The molecular weight excluding hydrogens is 288 g/mol. The van der Waals surface area contributed by atoms with Crippen LogP contribution in [0.3, 0.4) is 0 Å². The molecule has 0 aromatic rings. The standard InChI is InChI=1S/C20H34O3/c21-19-11-7-17(8-12-19)5-1-3-15-23-16-4-2-6-18-9-13-20(22)14-10-18/h3-4,15-22H,1-2,5-14H2. The molecule has 0 radical (unpaired) electrons. The van der Waals surface area contributed by atoms with Crippen molar-refractivity contribution in [3.8, 4) is 0 Å². The molecular formula is C20H34O3. The summed E-state index contributed by atoms with van der Waals surface area (Å²) in [5, 5.41) is 19.0. The number of ether oxygens (including phenoxy) is 1. The van der Waals surface area contributed by atoms with Gasteiger partial charge in [0.2, 0.25) is 0 Å². The quantitative estimate of drug-likeness (QED) is 0.637. The van der Waals surface area contributed by atoms with Crippen molar-refractivity contribution in [1.29, 1.82) is 0 Å². The molecule has 0 unspecified atom stereocenters. The number of rotatable bonds is 8. The van der Waals surface area contributed by atoms with Crippen molar-refractivity contribution in [2.24, 2.45) is 11.8 Å². The Morgan fingerprint density at radius 1 is 0.652 bits per heavy atom. The lowest BCUT2D eigenvalue weighted by Crippen LogP contribution is -2.17. The molecule has 132 valence electrons. The van der Waals surface area contributed by atoms with Gasteiger partial charge in [-0.15, -0.1) is 0 Å². The Kier molecular flexibility index (Phi) is 8.77. The maximum Gasteiger partial charge on any atom is 0.0861 e. The maximum absolute atomic E-state index is 9.48. The summed E-state index contributed by atoms with van der Waals surface area (Å²) in [4.78, 5) is 0. The molecule has 3 heteroatoms. The van der Waals surface area contributed by atoms with Crippen LogP contribution in [0.1, 0.15) is 77.0 Å². The minimum Gasteiger partial charge on any atom is -0.473 e. The van der Waals surface area contributed by atoms with Crippen LogP contribution in [0.25, 0.3) is 0 Å². The molecule has 0 aromatic carbocycles. The summed E-state index contributed by atoms with van der Waals surface area (Å²) in [5.74, 6) is 1.57. The third-order valence-electron chi connectivity index (χ3n) is 5.47. The lowest BCUT2D eigenvalue weighted by Gasteiger charge is -2.24. The van der Waals surface area contributed by atoms with E-state index in [1.165, 1.54) is 38.5 Å². The van der Waals surface area contributed by atoms with E-state index in [1.807, 2.05) is 0 Å². The van der Waals surface area contributed by atoms with Gasteiger partial charge in [-0.1, -0.05) is 0 Å². The average Bonchev–Trinajstić information content (AvgIpc) is 2.56. The molecule has 2 N–H and O–H groups in total. The largest absolute Gasteiger partial charge is 0.473 e. The van der Waals surface area contributed by atoms with E-state index in [-0.39, 0.29) is 12.2 Å². The molecule has 0 heterocycles. The van der Waals surface area contributed by atoms with E-state index in [9.17, 15) is 10.2 Å². The molecule has 0 spiro atoms. The molecule has 3 nitrogen and oxygen atoms in total. The highest BCUT2D eigenvalue weighted by Crippen LogP contribution is 2.28. The van der Waals surface area contributed by atoms with Gasteiger partial charge in [-0.3, -0.25) is 0 Å². The Labute approximate surface area is 141 Å². The minimum atomic E-state index is -0.0473. The molecule has 2 fully saturated rings. The SMILES string of the molecule is OC1CCC(CCC=COC=CCCC2CCC(O)CC2)CC1. The first-order valence-corrected chi connectivity index (χ1v) is 9.55. The molecule has 0 aliphatic heterocycles. The van der Waals surface area contributed by atoms with Gasteiger partial charge in [0.15, 0.2) is 0 Å². The van der Waals surface area contributed by atoms with Crippen LogP contribution in [0.2, 0.25) is 0 Å². The fourth-order valence-electron chi connectivity index (χ4n) is 3.82. The highest BCUT2D eigenvalue weighted by molar-refractivity contribution is 4.83. The van der Waals surface area contributed by atoms with Gasteiger partial charge in [-0.2, -0.15) is 0 Å². The van der Waals surface area contributed by atoms with Crippen molar-refractivity contribution >= 4 is 0 Å². The molecule has 2 rings (SSSR count). The van der Waals surface area contributed by atoms with Gasteiger partial charge in [0.05, 0.1) is 24.7 Å². The Bertz CT molecular complexity index is 314. The number of aliphatic hydroxyl groups is 2. The molecule has 0 aromatic heterocycles. The third kappa shape index (κ3) is 8.03. The predicted molar refractivity (Wildman–Crippen MR) is 93.8 cm³/mol. The fourth-order valence-corrected chi connectivity index (χ4v) is 3.82. The highest BCUT2D eigenvalue weighted by atomic mass is 16.5. The van der Waals surface area contributed by atoms with Gasteiger partial charge in [-0.05, 0) is 101 Å². The van der Waals surface area contributed by atoms with Crippen LogP contribution in [-0.2, 0) is 4.74 Å². The fraction of sp³-hybridized carbons (Fsp3) is 0.800. The van der Waals surface area contributed by atoms with Gasteiger partial charge in [-0.25, -0.2) is 0 Å². The molecule has 0 atom stereocenters. The van der Waals surface area contributed by atoms with Gasteiger partial charge in [0.1, 0.15) is 0 Å². The Balaban J connectivity index is 1.43. The van der Waals surface area contributed by atoms with Crippen LogP contribution >= 0.6 is 0 Å². The molecule has 0 saturated heterocycles. The maximum atomic E-state index is 9.48. The number of aliphatic hydroxyl groups excluding tert-OH is 2. The van der Waals surface area contributed by atoms with Crippen LogP contribution < -0.4 is 0 Å². The first-order valence-electron chi connectivity index (χ1n) is 9.55. The second-order valence-electron chi connectivity index (χ2n) is 7.38. The molecule has 23 heavy (non-hydrogen) atoms. The average molecular weight is 322 g/mol. The van der Waals surface area contributed by atoms with Crippen LogP contribution in [0.4, 0.5) is 0 Å². The van der Waals surface area contributed by atoms with Crippen molar-refractivity contribution in [2.45, 2.75) is 89.3 Å². The zero-order chi connectivity index (χ0) is 16.3. The monoisotopic (exact) mass is 322 g/mol. The molecule has 0 amide bonds. The van der Waals surface area contributed by atoms with Gasteiger partial charge >= 0.3 is 0 Å². The lowest BCUT2D eigenvalue weighted by molar-refractivity contribution is 0.106. The minimum absolute atomic E-state index is 0.0473. The second kappa shape index (κ2) is 10.9. The summed E-state index contributed by atoms with van der Waals surface area (Å²) >= 11 is 0. The van der Waals surface area contributed by atoms with Gasteiger partial charge < -0.3 is 14.9 Å². The number of hydrogen-bond donors (Lipinski definition) is 2. The van der Waals surface area contributed by atoms with Crippen molar-refractivity contribution in [3.05, 3.63) is 24.7 Å². The van der Waals surface area contributed by atoms with Crippen LogP contribution in [0.15, 0.2) is 24.7 Å². The van der Waals surface area contributed by atoms with Crippen molar-refractivity contribution < 1.29 is 14.9 Å². The Hall–Kier alpha value is -0.800. The molecule has 0 bridgehead atoms. The first kappa shape index (κ1) is 18.5. The van der Waals surface area contributed by atoms with E-state index < -0.39 is 0 Å². The van der Waals surface area contributed by atoms with E-state index in [4.69, 9.17) is 4.74 Å². The molecule has 2 saturated carbocycles. The van der Waals surface area contributed by atoms with Crippen LogP contribution in [0, 0.1) is 11.8 Å². The molecule has 2 aliphatic rings. The van der Waals surface area contributed by atoms with E-state index in [0.717, 1.165) is 50.4 Å². The van der Waals surface area contributed by atoms with E-state index in [1.54, 1.807) is 12.5 Å².